The molecule has 0 aliphatic carbocycles. The maximum Gasteiger partial charge on any atom is 0.227 e. The van der Waals surface area contributed by atoms with E-state index < -0.39 is 39.0 Å². The maximum atomic E-state index is 10.7. The molecule has 0 unspecified atom stereocenters. The molecule has 30 heavy (non-hydrogen) atoms. The summed E-state index contributed by atoms with van der Waals surface area (Å²) in [6, 6.07) is 6.02. The molecule has 0 aromatic heterocycles. The number of hydrogen-bond donors (Lipinski definition) is 1. The molecule has 1 aliphatic rings. The van der Waals surface area contributed by atoms with Crippen LogP contribution in [-0.2, 0) is 13.9 Å². The van der Waals surface area contributed by atoms with Crippen molar-refractivity contribution in [2.45, 2.75) is 69.5 Å². The highest BCUT2D eigenvalue weighted by molar-refractivity contribution is 6.74. The van der Waals surface area contributed by atoms with Crippen LogP contribution in [0.4, 0.5) is 0 Å². The van der Waals surface area contributed by atoms with Gasteiger partial charge in [-0.3, -0.25) is 0 Å². The Morgan fingerprint density at radius 3 is 2.27 bits per heavy atom. The van der Waals surface area contributed by atoms with Crippen molar-refractivity contribution in [1.82, 2.24) is 0 Å². The molecule has 168 valence electrons. The highest BCUT2D eigenvalue weighted by Gasteiger charge is 2.48. The van der Waals surface area contributed by atoms with Gasteiger partial charge in [0.25, 0.3) is 0 Å². The van der Waals surface area contributed by atoms with Gasteiger partial charge >= 0.3 is 0 Å². The quantitative estimate of drug-likeness (QED) is 0.284. The first kappa shape index (κ1) is 24.5. The zero-order valence-corrected chi connectivity index (χ0v) is 19.7. The molecule has 1 heterocycles. The van der Waals surface area contributed by atoms with Crippen molar-refractivity contribution < 1.29 is 28.5 Å². The van der Waals surface area contributed by atoms with Crippen LogP contribution in [0, 0.1) is 0 Å². The lowest BCUT2D eigenvalue weighted by atomic mass is 9.97. The number of ether oxygens (including phenoxy) is 4. The van der Waals surface area contributed by atoms with Gasteiger partial charge in [-0.1, -0.05) is 25.9 Å². The number of nitrogens with zero attached hydrogens (tertiary/aromatic N) is 3. The first-order valence-electron chi connectivity index (χ1n) is 9.89. The van der Waals surface area contributed by atoms with Crippen molar-refractivity contribution in [3.63, 3.8) is 0 Å². The van der Waals surface area contributed by atoms with E-state index in [9.17, 15) is 5.11 Å². The Kier molecular flexibility index (Phi) is 8.15. The molecule has 1 aromatic rings. The van der Waals surface area contributed by atoms with E-state index in [-0.39, 0.29) is 11.6 Å². The molecule has 1 fully saturated rings. The number of rotatable bonds is 8. The molecular weight excluding hydrogens is 406 g/mol. The van der Waals surface area contributed by atoms with E-state index in [1.54, 1.807) is 31.4 Å². The van der Waals surface area contributed by atoms with Crippen molar-refractivity contribution in [2.24, 2.45) is 5.11 Å². The van der Waals surface area contributed by atoms with Crippen LogP contribution in [0.3, 0.4) is 0 Å². The molecule has 2 rings (SSSR count). The van der Waals surface area contributed by atoms with Gasteiger partial charge in [0.05, 0.1) is 25.9 Å². The molecule has 9 nitrogen and oxygen atoms in total. The van der Waals surface area contributed by atoms with Gasteiger partial charge in [0, 0.05) is 12.0 Å². The maximum absolute atomic E-state index is 10.7. The molecule has 1 saturated heterocycles. The number of hydrogen-bond acceptors (Lipinski definition) is 7. The van der Waals surface area contributed by atoms with Gasteiger partial charge in [-0.2, -0.15) is 0 Å². The van der Waals surface area contributed by atoms with E-state index in [1.807, 2.05) is 0 Å². The van der Waals surface area contributed by atoms with Crippen molar-refractivity contribution in [3.8, 4) is 11.5 Å². The second-order valence-corrected chi connectivity index (χ2v) is 13.6. The molecule has 0 amide bonds. The van der Waals surface area contributed by atoms with Crippen LogP contribution >= 0.6 is 0 Å². The topological polar surface area (TPSA) is 115 Å². The minimum atomic E-state index is -2.05. The first-order valence-corrected chi connectivity index (χ1v) is 12.8. The third-order valence-electron chi connectivity index (χ3n) is 5.82. The summed E-state index contributed by atoms with van der Waals surface area (Å²) in [4.78, 5) is 2.88. The van der Waals surface area contributed by atoms with Crippen molar-refractivity contribution in [3.05, 3.63) is 34.7 Å². The molecular formula is C20H33N3O6Si. The summed E-state index contributed by atoms with van der Waals surface area (Å²) >= 11 is 0. The van der Waals surface area contributed by atoms with E-state index in [0.717, 1.165) is 0 Å². The fourth-order valence-electron chi connectivity index (χ4n) is 2.92. The second-order valence-electron chi connectivity index (χ2n) is 8.79. The van der Waals surface area contributed by atoms with Crippen molar-refractivity contribution >= 4 is 8.32 Å². The fraction of sp³-hybridized carbons (Fsp3) is 0.700. The lowest BCUT2D eigenvalue weighted by Crippen LogP contribution is -2.60. The molecule has 0 saturated carbocycles. The summed E-state index contributed by atoms with van der Waals surface area (Å²) in [5, 5.41) is 14.5. The molecule has 10 heteroatoms. The lowest BCUT2D eigenvalue weighted by Gasteiger charge is -2.44. The summed E-state index contributed by atoms with van der Waals surface area (Å²) in [6.45, 7) is 11.0. The van der Waals surface area contributed by atoms with Gasteiger partial charge in [-0.05, 0) is 47.9 Å². The number of azide groups is 1. The predicted octanol–water partition coefficient (Wildman–Crippen LogP) is 3.88. The van der Waals surface area contributed by atoms with Crippen LogP contribution in [0.1, 0.15) is 20.8 Å². The third kappa shape index (κ3) is 5.66. The third-order valence-corrected chi connectivity index (χ3v) is 10.3. The number of aliphatic hydroxyl groups excluding tert-OH is 1. The summed E-state index contributed by atoms with van der Waals surface area (Å²) in [6.07, 6.45) is -3.51. The van der Waals surface area contributed by atoms with Crippen LogP contribution in [0.15, 0.2) is 29.4 Å². The Morgan fingerprint density at radius 1 is 1.17 bits per heavy atom. The van der Waals surface area contributed by atoms with Crippen LogP contribution in [0.2, 0.25) is 18.1 Å². The monoisotopic (exact) mass is 439 g/mol. The van der Waals surface area contributed by atoms with Gasteiger partial charge in [0.15, 0.2) is 8.32 Å². The Bertz CT molecular complexity index is 733. The first-order chi connectivity index (χ1) is 14.0. The van der Waals surface area contributed by atoms with Crippen LogP contribution in [0.25, 0.3) is 10.4 Å². The summed E-state index contributed by atoms with van der Waals surface area (Å²) in [5.41, 5.74) is 9.01. The van der Waals surface area contributed by atoms with Gasteiger partial charge in [-0.25, -0.2) is 0 Å². The summed E-state index contributed by atoms with van der Waals surface area (Å²) in [5.74, 6) is 1.17. The van der Waals surface area contributed by atoms with Crippen LogP contribution in [0.5, 0.6) is 11.5 Å². The number of aliphatic hydroxyl groups is 1. The number of benzene rings is 1. The van der Waals surface area contributed by atoms with Gasteiger partial charge in [0.2, 0.25) is 6.29 Å². The van der Waals surface area contributed by atoms with Gasteiger partial charge in [-0.15, -0.1) is 0 Å². The van der Waals surface area contributed by atoms with Crippen LogP contribution < -0.4 is 9.47 Å². The highest BCUT2D eigenvalue weighted by Crippen LogP contribution is 2.37. The second kappa shape index (κ2) is 10.00. The number of methoxy groups -OCH3 is 2. The molecule has 1 aromatic carbocycles. The average Bonchev–Trinajstić information content (AvgIpc) is 2.69. The van der Waals surface area contributed by atoms with E-state index in [0.29, 0.717) is 11.5 Å². The standard InChI is InChI=1S/C20H33N3O6Si/c1-20(2,3)30(6,7)27-12-15-18(26-5)16(22-23-21)17(24)19(29-15)28-14-10-8-13(25-4)9-11-14/h8-11,15-19,24H,12H2,1-7H3/t15-,16-,17-,18-,19+/m1/s1. The van der Waals surface area contributed by atoms with E-state index in [4.69, 9.17) is 28.9 Å². The normalized spacial score (nSPS) is 27.3. The molecule has 1 aliphatic heterocycles. The lowest BCUT2D eigenvalue weighted by molar-refractivity contribution is -0.250. The van der Waals surface area contributed by atoms with Gasteiger partial charge in [0.1, 0.15) is 23.7 Å². The SMILES string of the molecule is COc1ccc(O[C@H]2O[C@H](CO[Si](C)(C)C(C)(C)C)[C@@H](OC)[C@H](N=[N+]=[N-])[C@H]2O)cc1. The molecule has 5 atom stereocenters. The van der Waals surface area contributed by atoms with Crippen molar-refractivity contribution in [2.75, 3.05) is 20.8 Å². The van der Waals surface area contributed by atoms with E-state index in [1.165, 1.54) is 7.11 Å². The smallest absolute Gasteiger partial charge is 0.227 e. The largest absolute Gasteiger partial charge is 0.497 e. The Labute approximate surface area is 179 Å². The fourth-order valence-corrected chi connectivity index (χ4v) is 3.93. The summed E-state index contributed by atoms with van der Waals surface area (Å²) in [7, 11) is 1.01. The minimum absolute atomic E-state index is 0.0208. The molecule has 1 N–H and O–H groups in total. The van der Waals surface area contributed by atoms with Crippen molar-refractivity contribution in [1.29, 1.82) is 0 Å². The zero-order chi connectivity index (χ0) is 22.5. The predicted molar refractivity (Wildman–Crippen MR) is 115 cm³/mol. The Hall–Kier alpha value is -1.81. The minimum Gasteiger partial charge on any atom is -0.497 e. The average molecular weight is 440 g/mol. The van der Waals surface area contributed by atoms with Gasteiger partial charge < -0.3 is 28.5 Å². The highest BCUT2D eigenvalue weighted by atomic mass is 28.4. The zero-order valence-electron chi connectivity index (χ0n) is 18.7. The van der Waals surface area contributed by atoms with Crippen LogP contribution in [-0.4, -0.2) is 64.9 Å². The molecule has 0 spiro atoms. The Balaban J connectivity index is 2.22. The Morgan fingerprint density at radius 2 is 1.77 bits per heavy atom. The molecule has 0 bridgehead atoms. The van der Waals surface area contributed by atoms with E-state index >= 15 is 0 Å². The summed E-state index contributed by atoms with van der Waals surface area (Å²) < 4.78 is 28.9. The van der Waals surface area contributed by atoms with E-state index in [2.05, 4.69) is 43.9 Å². The molecule has 0 radical (unpaired) electrons.